The molecule has 1 aromatic heterocycles. The molecule has 1 fully saturated rings. The Morgan fingerprint density at radius 3 is 2.20 bits per heavy atom. The third-order valence-corrected chi connectivity index (χ3v) is 7.58. The zero-order chi connectivity index (χ0) is 29.9. The lowest BCUT2D eigenvalue weighted by Crippen LogP contribution is -2.39. The number of carboxylic acid groups (broad SMARTS) is 1. The number of carboxylic acids is 1. The largest absolute Gasteiger partial charge is 0.489 e. The number of aromatic nitrogens is 1. The minimum Gasteiger partial charge on any atom is -0.489 e. The van der Waals surface area contributed by atoms with Gasteiger partial charge in [-0.15, -0.1) is 0 Å². The molecule has 3 aromatic rings. The zero-order valence-corrected chi connectivity index (χ0v) is 25.2. The van der Waals surface area contributed by atoms with Crippen molar-refractivity contribution in [1.29, 1.82) is 0 Å². The van der Waals surface area contributed by atoms with E-state index in [1.165, 1.54) is 0 Å². The van der Waals surface area contributed by atoms with Gasteiger partial charge in [0.25, 0.3) is 0 Å². The monoisotopic (exact) mass is 555 g/mol. The predicted molar refractivity (Wildman–Crippen MR) is 163 cm³/mol. The van der Waals surface area contributed by atoms with Crippen LogP contribution >= 0.6 is 0 Å². The molecule has 41 heavy (non-hydrogen) atoms. The van der Waals surface area contributed by atoms with Crippen LogP contribution in [0.15, 0.2) is 48.5 Å². The molecule has 0 unspecified atom stereocenters. The first kappa shape index (κ1) is 30.1. The first-order valence-corrected chi connectivity index (χ1v) is 14.1. The van der Waals surface area contributed by atoms with Crippen molar-refractivity contribution in [2.75, 3.05) is 18.0 Å². The van der Waals surface area contributed by atoms with Gasteiger partial charge in [0.15, 0.2) is 11.8 Å². The number of hydrogen-bond donors (Lipinski definition) is 1. The maximum absolute atomic E-state index is 12.7. The highest BCUT2D eigenvalue weighted by molar-refractivity contribution is 5.88. The van der Waals surface area contributed by atoms with E-state index in [0.29, 0.717) is 23.6 Å². The number of aliphatic carboxylic acids is 1. The van der Waals surface area contributed by atoms with Crippen molar-refractivity contribution in [1.82, 2.24) is 4.98 Å². The number of rotatable bonds is 8. The van der Waals surface area contributed by atoms with Gasteiger partial charge in [0.05, 0.1) is 17.9 Å². The summed E-state index contributed by atoms with van der Waals surface area (Å²) in [6, 6.07) is 15.3. The quantitative estimate of drug-likeness (QED) is 0.283. The van der Waals surface area contributed by atoms with Crippen LogP contribution in [0.4, 0.5) is 11.4 Å². The second-order valence-electron chi connectivity index (χ2n) is 12.6. The van der Waals surface area contributed by atoms with E-state index in [1.54, 1.807) is 12.1 Å². The van der Waals surface area contributed by atoms with Crippen molar-refractivity contribution in [2.45, 2.75) is 79.6 Å². The lowest BCUT2D eigenvalue weighted by Gasteiger charge is -2.41. The van der Waals surface area contributed by atoms with Crippen LogP contribution in [0.3, 0.4) is 0 Å². The van der Waals surface area contributed by atoms with E-state index in [0.717, 1.165) is 59.8 Å². The van der Waals surface area contributed by atoms with Gasteiger partial charge in [-0.2, -0.15) is 0 Å². The third-order valence-electron chi connectivity index (χ3n) is 7.58. The van der Waals surface area contributed by atoms with E-state index in [9.17, 15) is 9.90 Å². The van der Waals surface area contributed by atoms with Gasteiger partial charge in [-0.05, 0) is 76.1 Å². The number of aryl methyl sites for hydroxylation is 2. The molecule has 2 aromatic carbocycles. The number of carbonyl (C=O) groups is 1. The highest BCUT2D eigenvalue weighted by Crippen LogP contribution is 2.45. The smallest absolute Gasteiger partial charge is 0.337 e. The topological polar surface area (TPSA) is 76.2 Å². The summed E-state index contributed by atoms with van der Waals surface area (Å²) in [5.41, 5.74) is 6.08. The number of benzene rings is 2. The van der Waals surface area contributed by atoms with E-state index in [2.05, 4.69) is 23.6 Å². The summed E-state index contributed by atoms with van der Waals surface area (Å²) in [6.07, 6.45) is 0.866. The second kappa shape index (κ2) is 11.9. The molecule has 1 N–H and O–H groups in total. The average Bonchev–Trinajstić information content (AvgIpc) is 2.91. The Kier molecular flexibility index (Phi) is 8.74. The van der Waals surface area contributed by atoms with Crippen LogP contribution in [-0.4, -0.2) is 34.8 Å². The number of pyridine rings is 1. The fraction of sp³-hybridized carbons (Fsp3) is 0.441. The summed E-state index contributed by atoms with van der Waals surface area (Å²) in [5.74, 6) is -0.298. The van der Waals surface area contributed by atoms with Gasteiger partial charge >= 0.3 is 5.97 Å². The Bertz CT molecular complexity index is 1420. The average molecular weight is 556 g/mol. The number of anilines is 1. The SMILES string of the molecule is [C-]#[N+]c1ccc(COc2ccc(-c3c(C)nc(C)c([C@H](OC(C)(C)C)C(=O)O)c3N3CCC(C)(C)CC3)cc2)cc1. The van der Waals surface area contributed by atoms with Gasteiger partial charge in [-0.1, -0.05) is 50.2 Å². The van der Waals surface area contributed by atoms with Crippen molar-refractivity contribution < 1.29 is 19.4 Å². The van der Waals surface area contributed by atoms with Gasteiger partial charge in [-0.25, -0.2) is 9.64 Å². The number of hydrogen-bond acceptors (Lipinski definition) is 5. The van der Waals surface area contributed by atoms with Crippen molar-refractivity contribution >= 4 is 17.3 Å². The number of ether oxygens (including phenoxy) is 2. The molecule has 7 nitrogen and oxygen atoms in total. The molecule has 0 radical (unpaired) electrons. The third kappa shape index (κ3) is 7.25. The molecular formula is C34H41N3O4. The zero-order valence-electron chi connectivity index (χ0n) is 25.2. The summed E-state index contributed by atoms with van der Waals surface area (Å²) < 4.78 is 12.2. The summed E-state index contributed by atoms with van der Waals surface area (Å²) in [6.45, 7) is 23.2. The van der Waals surface area contributed by atoms with Crippen molar-refractivity contribution in [3.63, 3.8) is 0 Å². The van der Waals surface area contributed by atoms with Crippen molar-refractivity contribution in [2.24, 2.45) is 5.41 Å². The molecule has 2 heterocycles. The Hall–Kier alpha value is -3.89. The van der Waals surface area contributed by atoms with E-state index >= 15 is 0 Å². The fourth-order valence-electron chi connectivity index (χ4n) is 5.31. The lowest BCUT2D eigenvalue weighted by atomic mass is 9.82. The maximum atomic E-state index is 12.7. The molecule has 1 saturated heterocycles. The number of piperidine rings is 1. The summed E-state index contributed by atoms with van der Waals surface area (Å²) in [5, 5.41) is 10.4. The maximum Gasteiger partial charge on any atom is 0.337 e. The molecule has 0 bridgehead atoms. The standard InChI is InChI=1S/C34H41N3O4/c1-22-28(25-11-15-27(16-12-25)40-21-24-9-13-26(35-8)14-10-24)30(37-19-17-34(6,7)18-20-37)29(23(2)36-22)31(32(38)39)41-33(3,4)5/h9-16,31H,17-21H2,1-7H3,(H,38,39)/t31-/m0/s1. The van der Waals surface area contributed by atoms with E-state index in [-0.39, 0.29) is 5.41 Å². The van der Waals surface area contributed by atoms with E-state index in [4.69, 9.17) is 21.0 Å². The molecule has 216 valence electrons. The van der Waals surface area contributed by atoms with Gasteiger partial charge in [-0.3, -0.25) is 4.98 Å². The molecule has 7 heteroatoms. The van der Waals surface area contributed by atoms with Gasteiger partial charge in [0.1, 0.15) is 12.4 Å². The summed E-state index contributed by atoms with van der Waals surface area (Å²) in [4.78, 5) is 23.3. The van der Waals surface area contributed by atoms with Crippen LogP contribution in [-0.2, 0) is 16.1 Å². The summed E-state index contributed by atoms with van der Waals surface area (Å²) >= 11 is 0. The fourth-order valence-corrected chi connectivity index (χ4v) is 5.31. The highest BCUT2D eigenvalue weighted by atomic mass is 16.5. The van der Waals surface area contributed by atoms with Gasteiger partial charge in [0, 0.05) is 35.6 Å². The van der Waals surface area contributed by atoms with Crippen LogP contribution in [0.2, 0.25) is 0 Å². The van der Waals surface area contributed by atoms with Crippen LogP contribution in [0.1, 0.15) is 76.1 Å². The van der Waals surface area contributed by atoms with E-state index < -0.39 is 17.7 Å². The molecule has 1 aliphatic heterocycles. The normalized spacial score (nSPS) is 15.7. The molecule has 1 atom stereocenters. The lowest BCUT2D eigenvalue weighted by molar-refractivity contribution is -0.160. The molecule has 4 rings (SSSR count). The first-order valence-electron chi connectivity index (χ1n) is 14.1. The molecule has 0 spiro atoms. The highest BCUT2D eigenvalue weighted by Gasteiger charge is 2.36. The Morgan fingerprint density at radius 2 is 1.66 bits per heavy atom. The van der Waals surface area contributed by atoms with Crippen molar-refractivity contribution in [3.05, 3.63) is 82.5 Å². The van der Waals surface area contributed by atoms with Crippen LogP contribution < -0.4 is 9.64 Å². The van der Waals surface area contributed by atoms with Crippen LogP contribution in [0.25, 0.3) is 16.0 Å². The van der Waals surface area contributed by atoms with Crippen molar-refractivity contribution in [3.8, 4) is 16.9 Å². The molecule has 0 amide bonds. The summed E-state index contributed by atoms with van der Waals surface area (Å²) in [7, 11) is 0. The Morgan fingerprint density at radius 1 is 1.05 bits per heavy atom. The first-order chi connectivity index (χ1) is 19.3. The van der Waals surface area contributed by atoms with E-state index in [1.807, 2.05) is 71.0 Å². The minimum atomic E-state index is -1.15. The second-order valence-corrected chi connectivity index (χ2v) is 12.6. The van der Waals surface area contributed by atoms with Gasteiger partial charge in [0.2, 0.25) is 0 Å². The van der Waals surface area contributed by atoms with Gasteiger partial charge < -0.3 is 19.5 Å². The molecular weight excluding hydrogens is 514 g/mol. The molecule has 0 saturated carbocycles. The van der Waals surface area contributed by atoms with Crippen LogP contribution in [0.5, 0.6) is 5.75 Å². The minimum absolute atomic E-state index is 0.233. The Labute approximate surface area is 244 Å². The molecule has 1 aliphatic rings. The molecule has 0 aliphatic carbocycles. The Balaban J connectivity index is 1.75. The number of nitrogens with zero attached hydrogens (tertiary/aromatic N) is 3. The van der Waals surface area contributed by atoms with Crippen LogP contribution in [0, 0.1) is 25.8 Å². The predicted octanol–water partition coefficient (Wildman–Crippen LogP) is 8.06.